The Morgan fingerprint density at radius 3 is 2.60 bits per heavy atom. The van der Waals surface area contributed by atoms with Crippen LogP contribution in [0.5, 0.6) is 5.75 Å². The van der Waals surface area contributed by atoms with Gasteiger partial charge in [0.15, 0.2) is 6.10 Å². The Balaban J connectivity index is 1.41. The normalized spacial score (nSPS) is 15.3. The Kier molecular flexibility index (Phi) is 5.39. The lowest BCUT2D eigenvalue weighted by atomic mass is 10.1. The largest absolute Gasteiger partial charge is 0.481 e. The Labute approximate surface area is 174 Å². The van der Waals surface area contributed by atoms with E-state index in [1.807, 2.05) is 13.0 Å². The summed E-state index contributed by atoms with van der Waals surface area (Å²) in [5.41, 5.74) is 1.58. The lowest BCUT2D eigenvalue weighted by Gasteiger charge is -2.36. The predicted octanol–water partition coefficient (Wildman–Crippen LogP) is 2.32. The first-order chi connectivity index (χ1) is 14.4. The molecule has 0 radical (unpaired) electrons. The van der Waals surface area contributed by atoms with Crippen molar-refractivity contribution in [3.05, 3.63) is 58.3 Å². The molecule has 0 saturated carbocycles. The van der Waals surface area contributed by atoms with E-state index in [2.05, 4.69) is 14.9 Å². The number of hydrogen-bond donors (Lipinski definition) is 0. The number of benzene rings is 1. The molecule has 156 valence electrons. The third-order valence-corrected chi connectivity index (χ3v) is 5.55. The minimum absolute atomic E-state index is 0.0737. The van der Waals surface area contributed by atoms with Gasteiger partial charge in [0, 0.05) is 55.6 Å². The van der Waals surface area contributed by atoms with Gasteiger partial charge in [0.05, 0.1) is 6.20 Å². The van der Waals surface area contributed by atoms with Crippen molar-refractivity contribution in [2.75, 3.05) is 31.1 Å². The van der Waals surface area contributed by atoms with Crippen molar-refractivity contribution in [2.45, 2.75) is 26.9 Å². The first-order valence-corrected chi connectivity index (χ1v) is 9.94. The molecule has 0 spiro atoms. The van der Waals surface area contributed by atoms with Gasteiger partial charge < -0.3 is 19.0 Å². The molecule has 1 atom stereocenters. The van der Waals surface area contributed by atoms with Crippen LogP contribution in [0, 0.1) is 13.8 Å². The smallest absolute Gasteiger partial charge is 0.339 e. The zero-order valence-corrected chi connectivity index (χ0v) is 17.3. The maximum Gasteiger partial charge on any atom is 0.339 e. The van der Waals surface area contributed by atoms with Crippen molar-refractivity contribution in [3.63, 3.8) is 0 Å². The van der Waals surface area contributed by atoms with Gasteiger partial charge in [-0.1, -0.05) is 0 Å². The van der Waals surface area contributed by atoms with Gasteiger partial charge in [-0.05, 0) is 38.5 Å². The maximum atomic E-state index is 12.8. The van der Waals surface area contributed by atoms with Crippen molar-refractivity contribution in [1.82, 2.24) is 14.9 Å². The molecule has 1 aliphatic rings. The molecule has 8 nitrogen and oxygen atoms in total. The monoisotopic (exact) mass is 408 g/mol. The molecular weight excluding hydrogens is 384 g/mol. The van der Waals surface area contributed by atoms with E-state index in [1.54, 1.807) is 49.5 Å². The number of aryl methyl sites for hydroxylation is 1. The molecule has 8 heteroatoms. The zero-order chi connectivity index (χ0) is 21.3. The highest BCUT2D eigenvalue weighted by molar-refractivity contribution is 5.83. The summed E-state index contributed by atoms with van der Waals surface area (Å²) in [6.07, 6.45) is 4.38. The van der Waals surface area contributed by atoms with E-state index in [1.165, 1.54) is 0 Å². The highest BCUT2D eigenvalue weighted by Crippen LogP contribution is 2.25. The first kappa shape index (κ1) is 19.9. The molecule has 4 rings (SSSR count). The summed E-state index contributed by atoms with van der Waals surface area (Å²) in [6, 6.07) is 5.32. The van der Waals surface area contributed by atoms with Gasteiger partial charge >= 0.3 is 5.63 Å². The van der Waals surface area contributed by atoms with Crippen LogP contribution in [0.25, 0.3) is 11.0 Å². The standard InChI is InChI=1S/C22H24N4O4/c1-14-15(2)22(28)30-19-12-17(4-5-18(14)19)29-16(3)21(27)26-10-8-25(9-11-26)20-13-23-6-7-24-20/h4-7,12-13,16H,8-11H2,1-3H3. The second-order valence-electron chi connectivity index (χ2n) is 7.43. The van der Waals surface area contributed by atoms with E-state index >= 15 is 0 Å². The van der Waals surface area contributed by atoms with Crippen LogP contribution >= 0.6 is 0 Å². The van der Waals surface area contributed by atoms with Crippen LogP contribution in [0.4, 0.5) is 5.82 Å². The second kappa shape index (κ2) is 8.14. The van der Waals surface area contributed by atoms with Crippen molar-refractivity contribution in [3.8, 4) is 5.75 Å². The van der Waals surface area contributed by atoms with Gasteiger partial charge in [0.1, 0.15) is 17.2 Å². The van der Waals surface area contributed by atoms with Gasteiger partial charge in [0.2, 0.25) is 0 Å². The molecule has 3 heterocycles. The van der Waals surface area contributed by atoms with Crippen LogP contribution in [0.2, 0.25) is 0 Å². The topological polar surface area (TPSA) is 88.8 Å². The summed E-state index contributed by atoms with van der Waals surface area (Å²) in [4.78, 5) is 37.1. The number of piperazine rings is 1. The van der Waals surface area contributed by atoms with E-state index in [0.29, 0.717) is 43.1 Å². The summed E-state index contributed by atoms with van der Waals surface area (Å²) in [6.45, 7) is 7.94. The fourth-order valence-corrected chi connectivity index (χ4v) is 3.62. The number of amides is 1. The highest BCUT2D eigenvalue weighted by atomic mass is 16.5. The van der Waals surface area contributed by atoms with Crippen LogP contribution < -0.4 is 15.3 Å². The van der Waals surface area contributed by atoms with Crippen LogP contribution in [0.15, 0.2) is 46.0 Å². The van der Waals surface area contributed by atoms with Gasteiger partial charge in [-0.15, -0.1) is 0 Å². The second-order valence-corrected chi connectivity index (χ2v) is 7.43. The van der Waals surface area contributed by atoms with Crippen molar-refractivity contribution < 1.29 is 13.9 Å². The van der Waals surface area contributed by atoms with Gasteiger partial charge in [0.25, 0.3) is 5.91 Å². The van der Waals surface area contributed by atoms with Gasteiger partial charge in [-0.3, -0.25) is 9.78 Å². The Morgan fingerprint density at radius 1 is 1.13 bits per heavy atom. The molecule has 0 bridgehead atoms. The zero-order valence-electron chi connectivity index (χ0n) is 17.3. The lowest BCUT2D eigenvalue weighted by molar-refractivity contribution is -0.138. The van der Waals surface area contributed by atoms with E-state index in [-0.39, 0.29) is 11.5 Å². The molecule has 1 unspecified atom stereocenters. The quantitative estimate of drug-likeness (QED) is 0.612. The molecule has 3 aromatic rings. The highest BCUT2D eigenvalue weighted by Gasteiger charge is 2.26. The van der Waals surface area contributed by atoms with Gasteiger partial charge in [-0.25, -0.2) is 9.78 Å². The van der Waals surface area contributed by atoms with Crippen LogP contribution in [0.1, 0.15) is 18.1 Å². The van der Waals surface area contributed by atoms with Crippen LogP contribution in [-0.2, 0) is 4.79 Å². The van der Waals surface area contributed by atoms with E-state index < -0.39 is 6.10 Å². The molecule has 1 fully saturated rings. The Bertz CT molecular complexity index is 1120. The summed E-state index contributed by atoms with van der Waals surface area (Å²) in [7, 11) is 0. The summed E-state index contributed by atoms with van der Waals surface area (Å²) < 4.78 is 11.2. The predicted molar refractivity (Wildman–Crippen MR) is 113 cm³/mol. The molecule has 1 aromatic carbocycles. The van der Waals surface area contributed by atoms with Gasteiger partial charge in [-0.2, -0.15) is 0 Å². The molecule has 1 amide bonds. The first-order valence-electron chi connectivity index (χ1n) is 9.94. The fraction of sp³-hybridized carbons (Fsp3) is 0.364. The SMILES string of the molecule is Cc1c(C)c2ccc(OC(C)C(=O)N3CCN(c4cnccn4)CC3)cc2oc1=O. The molecule has 0 aliphatic carbocycles. The van der Waals surface area contributed by atoms with Crippen molar-refractivity contribution in [1.29, 1.82) is 0 Å². The number of ether oxygens (including phenoxy) is 1. The van der Waals surface area contributed by atoms with E-state index in [9.17, 15) is 9.59 Å². The molecule has 2 aromatic heterocycles. The van der Waals surface area contributed by atoms with Crippen molar-refractivity contribution in [2.24, 2.45) is 0 Å². The van der Waals surface area contributed by atoms with E-state index in [4.69, 9.17) is 9.15 Å². The molecule has 0 N–H and O–H groups in total. The Morgan fingerprint density at radius 2 is 1.90 bits per heavy atom. The summed E-state index contributed by atoms with van der Waals surface area (Å²) >= 11 is 0. The summed E-state index contributed by atoms with van der Waals surface area (Å²) in [5.74, 6) is 1.24. The molecule has 1 aliphatic heterocycles. The number of carbonyl (C=O) groups excluding carboxylic acids is 1. The molecule has 1 saturated heterocycles. The third kappa shape index (κ3) is 3.85. The third-order valence-electron chi connectivity index (χ3n) is 5.55. The minimum Gasteiger partial charge on any atom is -0.481 e. The fourth-order valence-electron chi connectivity index (χ4n) is 3.62. The number of carbonyl (C=O) groups is 1. The van der Waals surface area contributed by atoms with E-state index in [0.717, 1.165) is 16.8 Å². The molecular formula is C22H24N4O4. The molecule has 30 heavy (non-hydrogen) atoms. The Hall–Kier alpha value is -3.42. The minimum atomic E-state index is -0.649. The number of anilines is 1. The number of rotatable bonds is 4. The summed E-state index contributed by atoms with van der Waals surface area (Å²) in [5, 5.41) is 0.860. The number of fused-ring (bicyclic) bond motifs is 1. The number of nitrogens with zero attached hydrogens (tertiary/aromatic N) is 4. The van der Waals surface area contributed by atoms with Crippen LogP contribution in [-0.4, -0.2) is 53.1 Å². The average Bonchev–Trinajstić information content (AvgIpc) is 2.77. The lowest BCUT2D eigenvalue weighted by Crippen LogP contribution is -2.52. The maximum absolute atomic E-state index is 12.8. The average molecular weight is 408 g/mol. The van der Waals surface area contributed by atoms with Crippen molar-refractivity contribution >= 4 is 22.7 Å². The number of aromatic nitrogens is 2. The number of hydrogen-bond acceptors (Lipinski definition) is 7. The van der Waals surface area contributed by atoms with Crippen LogP contribution in [0.3, 0.4) is 0 Å².